The third-order valence-electron chi connectivity index (χ3n) is 3.69. The van der Waals surface area contributed by atoms with Crippen LogP contribution in [0, 0.1) is 5.92 Å². The van der Waals surface area contributed by atoms with Crippen LogP contribution in [0.4, 0.5) is 5.69 Å². The van der Waals surface area contributed by atoms with E-state index in [0.29, 0.717) is 28.8 Å². The second-order valence-electron chi connectivity index (χ2n) is 5.80. The normalized spacial score (nSPS) is 14.9. The Hall–Kier alpha value is -2.18. The number of hydrogen-bond donors (Lipinski definition) is 1. The Morgan fingerprint density at radius 2 is 2.00 bits per heavy atom. The molecule has 0 saturated heterocycles. The average molecular weight is 345 g/mol. The van der Waals surface area contributed by atoms with Crippen LogP contribution in [-0.2, 0) is 9.53 Å². The molecule has 0 radical (unpaired) electrons. The van der Waals surface area contributed by atoms with Crippen molar-refractivity contribution in [1.29, 1.82) is 0 Å². The van der Waals surface area contributed by atoms with E-state index in [1.807, 2.05) is 11.4 Å². The van der Waals surface area contributed by atoms with Crippen LogP contribution in [0.1, 0.15) is 29.4 Å². The molecule has 0 spiro atoms. The summed E-state index contributed by atoms with van der Waals surface area (Å²) in [5.74, 6) is 0.463. The molecular weight excluding hydrogens is 326 g/mol. The maximum Gasteiger partial charge on any atom is 0.340 e. The fraction of sp³-hybridized carbons (Fsp3) is 0.333. The van der Waals surface area contributed by atoms with E-state index in [0.717, 1.165) is 0 Å². The molecule has 1 atom stereocenters. The third kappa shape index (κ3) is 4.66. The number of carbonyl (C=O) groups excluding carboxylic acids is 2. The van der Waals surface area contributed by atoms with Crippen LogP contribution in [0.2, 0.25) is 0 Å². The van der Waals surface area contributed by atoms with Gasteiger partial charge in [-0.2, -0.15) is 0 Å². The van der Waals surface area contributed by atoms with Gasteiger partial charge in [-0.3, -0.25) is 4.79 Å². The topological polar surface area (TPSA) is 64.6 Å². The zero-order valence-electron chi connectivity index (χ0n) is 13.4. The molecule has 1 fully saturated rings. The predicted octanol–water partition coefficient (Wildman–Crippen LogP) is 3.72. The minimum Gasteiger partial charge on any atom is -0.425 e. The molecule has 1 N–H and O–H groups in total. The smallest absolute Gasteiger partial charge is 0.340 e. The van der Waals surface area contributed by atoms with Crippen LogP contribution in [0.3, 0.4) is 0 Å². The molecule has 0 bridgehead atoms. The summed E-state index contributed by atoms with van der Waals surface area (Å²) in [6.07, 6.45) is 1.78. The SMILES string of the molecule is CC(OCC1CC1)C(=O)Oc1ccc(NC(=O)c2cccs2)cc1. The standard InChI is InChI=1S/C18H19NO4S/c1-12(22-11-13-4-5-13)18(21)23-15-8-6-14(7-9-15)19-17(20)16-3-2-10-24-16/h2-3,6-10,12-13H,4-5,11H2,1H3,(H,19,20). The van der Waals surface area contributed by atoms with Crippen molar-refractivity contribution in [3.63, 3.8) is 0 Å². The molecule has 1 saturated carbocycles. The van der Waals surface area contributed by atoms with Crippen molar-refractivity contribution >= 4 is 28.9 Å². The highest BCUT2D eigenvalue weighted by Gasteiger charge is 2.24. The summed E-state index contributed by atoms with van der Waals surface area (Å²) in [6, 6.07) is 10.3. The van der Waals surface area contributed by atoms with E-state index < -0.39 is 12.1 Å². The highest BCUT2D eigenvalue weighted by Crippen LogP contribution is 2.29. The Bertz CT molecular complexity index is 692. The van der Waals surface area contributed by atoms with E-state index in [9.17, 15) is 9.59 Å². The number of benzene rings is 1. The second kappa shape index (κ2) is 7.59. The number of amides is 1. The van der Waals surface area contributed by atoms with Gasteiger partial charge in [0.25, 0.3) is 5.91 Å². The first-order valence-electron chi connectivity index (χ1n) is 7.90. The third-order valence-corrected chi connectivity index (χ3v) is 4.56. The molecule has 24 heavy (non-hydrogen) atoms. The lowest BCUT2D eigenvalue weighted by Gasteiger charge is -2.12. The molecule has 6 heteroatoms. The predicted molar refractivity (Wildman–Crippen MR) is 92.5 cm³/mol. The average Bonchev–Trinajstić information content (AvgIpc) is 3.24. The molecule has 1 aromatic heterocycles. The number of hydrogen-bond acceptors (Lipinski definition) is 5. The molecule has 0 aliphatic heterocycles. The largest absolute Gasteiger partial charge is 0.425 e. The van der Waals surface area contributed by atoms with Crippen molar-refractivity contribution in [3.05, 3.63) is 46.7 Å². The van der Waals surface area contributed by atoms with Gasteiger partial charge < -0.3 is 14.8 Å². The molecule has 1 heterocycles. The highest BCUT2D eigenvalue weighted by atomic mass is 32.1. The first kappa shape index (κ1) is 16.7. The van der Waals surface area contributed by atoms with Crippen molar-refractivity contribution in [3.8, 4) is 5.75 Å². The van der Waals surface area contributed by atoms with Crippen LogP contribution in [-0.4, -0.2) is 24.6 Å². The summed E-state index contributed by atoms with van der Waals surface area (Å²) in [5.41, 5.74) is 0.645. The molecular formula is C18H19NO4S. The molecule has 5 nitrogen and oxygen atoms in total. The summed E-state index contributed by atoms with van der Waals surface area (Å²) >= 11 is 1.38. The highest BCUT2D eigenvalue weighted by molar-refractivity contribution is 7.12. The van der Waals surface area contributed by atoms with Crippen LogP contribution in [0.15, 0.2) is 41.8 Å². The maximum atomic E-state index is 12.0. The van der Waals surface area contributed by atoms with E-state index in [2.05, 4.69) is 5.32 Å². The number of thiophene rings is 1. The van der Waals surface area contributed by atoms with Gasteiger partial charge in [-0.1, -0.05) is 6.07 Å². The first-order valence-corrected chi connectivity index (χ1v) is 8.78. The zero-order valence-corrected chi connectivity index (χ0v) is 14.2. The Morgan fingerprint density at radius 3 is 2.62 bits per heavy atom. The summed E-state index contributed by atoms with van der Waals surface area (Å²) in [4.78, 5) is 24.6. The Balaban J connectivity index is 1.50. The zero-order chi connectivity index (χ0) is 16.9. The van der Waals surface area contributed by atoms with Crippen LogP contribution in [0.25, 0.3) is 0 Å². The van der Waals surface area contributed by atoms with Gasteiger partial charge >= 0.3 is 5.97 Å². The maximum absolute atomic E-state index is 12.0. The lowest BCUT2D eigenvalue weighted by Crippen LogP contribution is -2.26. The summed E-state index contributed by atoms with van der Waals surface area (Å²) in [6.45, 7) is 2.31. The Labute approximate surface area is 144 Å². The fourth-order valence-electron chi connectivity index (χ4n) is 2.04. The molecule has 2 aromatic rings. The molecule has 1 amide bonds. The number of anilines is 1. The van der Waals surface area contributed by atoms with Gasteiger partial charge in [0.1, 0.15) is 5.75 Å². The first-order chi connectivity index (χ1) is 11.6. The van der Waals surface area contributed by atoms with Gasteiger partial charge in [0, 0.05) is 5.69 Å². The van der Waals surface area contributed by atoms with E-state index >= 15 is 0 Å². The Kier molecular flexibility index (Phi) is 5.27. The summed E-state index contributed by atoms with van der Waals surface area (Å²) < 4.78 is 10.8. The van der Waals surface area contributed by atoms with Gasteiger partial charge in [0.15, 0.2) is 6.10 Å². The van der Waals surface area contributed by atoms with Gasteiger partial charge in [0.2, 0.25) is 0 Å². The fourth-order valence-corrected chi connectivity index (χ4v) is 2.66. The molecule has 126 valence electrons. The van der Waals surface area contributed by atoms with E-state index in [1.165, 1.54) is 24.2 Å². The van der Waals surface area contributed by atoms with Crippen molar-refractivity contribution in [2.75, 3.05) is 11.9 Å². The number of ether oxygens (including phenoxy) is 2. The number of carbonyl (C=O) groups is 2. The quantitative estimate of drug-likeness (QED) is 0.613. The van der Waals surface area contributed by atoms with Gasteiger partial charge in [-0.15, -0.1) is 11.3 Å². The number of nitrogens with one attached hydrogen (secondary N) is 1. The van der Waals surface area contributed by atoms with E-state index in [1.54, 1.807) is 37.3 Å². The van der Waals surface area contributed by atoms with Gasteiger partial charge in [-0.25, -0.2) is 4.79 Å². The van der Waals surface area contributed by atoms with Crippen molar-refractivity contribution in [1.82, 2.24) is 0 Å². The van der Waals surface area contributed by atoms with Gasteiger partial charge in [-0.05, 0) is 61.4 Å². The van der Waals surface area contributed by atoms with Crippen LogP contribution >= 0.6 is 11.3 Å². The number of rotatable bonds is 7. The van der Waals surface area contributed by atoms with Crippen molar-refractivity contribution < 1.29 is 19.1 Å². The lowest BCUT2D eigenvalue weighted by molar-refractivity contribution is -0.146. The molecule has 1 aliphatic carbocycles. The van der Waals surface area contributed by atoms with Crippen molar-refractivity contribution in [2.24, 2.45) is 5.92 Å². The Morgan fingerprint density at radius 1 is 1.25 bits per heavy atom. The number of esters is 1. The second-order valence-corrected chi connectivity index (χ2v) is 6.74. The summed E-state index contributed by atoms with van der Waals surface area (Å²) in [7, 11) is 0. The molecule has 1 unspecified atom stereocenters. The van der Waals surface area contributed by atoms with Crippen LogP contribution < -0.4 is 10.1 Å². The minimum atomic E-state index is -0.580. The van der Waals surface area contributed by atoms with Crippen molar-refractivity contribution in [2.45, 2.75) is 25.9 Å². The lowest BCUT2D eigenvalue weighted by atomic mass is 10.3. The van der Waals surface area contributed by atoms with Crippen LogP contribution in [0.5, 0.6) is 5.75 Å². The summed E-state index contributed by atoms with van der Waals surface area (Å²) in [5, 5.41) is 4.64. The minimum absolute atomic E-state index is 0.156. The van der Waals surface area contributed by atoms with E-state index in [-0.39, 0.29) is 5.91 Å². The monoisotopic (exact) mass is 345 g/mol. The van der Waals surface area contributed by atoms with Gasteiger partial charge in [0.05, 0.1) is 11.5 Å². The van der Waals surface area contributed by atoms with E-state index in [4.69, 9.17) is 9.47 Å². The molecule has 1 aromatic carbocycles. The molecule has 1 aliphatic rings. The molecule has 3 rings (SSSR count).